The monoisotopic (exact) mass is 357 g/mol. The molecule has 2 heterocycles. The Balaban J connectivity index is 1.61. The van der Waals surface area contributed by atoms with E-state index in [9.17, 15) is 18.0 Å². The summed E-state index contributed by atoms with van der Waals surface area (Å²) < 4.78 is 50.4. The van der Waals surface area contributed by atoms with Crippen LogP contribution in [0, 0.1) is 0 Å². The van der Waals surface area contributed by atoms with Crippen LogP contribution in [0.2, 0.25) is 0 Å². The van der Waals surface area contributed by atoms with Crippen molar-refractivity contribution in [1.82, 2.24) is 5.32 Å². The smallest absolute Gasteiger partial charge is 0.381 e. The summed E-state index contributed by atoms with van der Waals surface area (Å²) in [6.07, 6.45) is -1.80. The van der Waals surface area contributed by atoms with Gasteiger partial charge in [0.15, 0.2) is 0 Å². The summed E-state index contributed by atoms with van der Waals surface area (Å²) in [5, 5.41) is 2.89. The van der Waals surface area contributed by atoms with E-state index in [-0.39, 0.29) is 29.5 Å². The van der Waals surface area contributed by atoms with Gasteiger partial charge in [-0.25, -0.2) is 0 Å². The zero-order valence-corrected chi connectivity index (χ0v) is 13.9. The standard InChI is InChI=1S/C18H22F3NO3/c19-18(20,21)15-4-2-1-3-13(15)11-16(23)22-14-5-8-25-17(12-14)6-9-24-10-7-17/h1-4,14H,5-12H2,(H,22,23)/t14-/m1/s1. The van der Waals surface area contributed by atoms with Gasteiger partial charge in [0.2, 0.25) is 5.91 Å². The number of amides is 1. The molecule has 2 aliphatic rings. The van der Waals surface area contributed by atoms with Crippen molar-refractivity contribution in [2.24, 2.45) is 0 Å². The van der Waals surface area contributed by atoms with E-state index in [0.717, 1.165) is 18.9 Å². The molecule has 0 unspecified atom stereocenters. The van der Waals surface area contributed by atoms with Gasteiger partial charge < -0.3 is 14.8 Å². The van der Waals surface area contributed by atoms with Crippen LogP contribution in [0.25, 0.3) is 0 Å². The highest BCUT2D eigenvalue weighted by Crippen LogP contribution is 2.35. The fourth-order valence-electron chi connectivity index (χ4n) is 3.65. The zero-order valence-electron chi connectivity index (χ0n) is 13.9. The van der Waals surface area contributed by atoms with Gasteiger partial charge in [-0.3, -0.25) is 4.79 Å². The minimum absolute atomic E-state index is 0.000314. The number of rotatable bonds is 3. The van der Waals surface area contributed by atoms with Crippen molar-refractivity contribution >= 4 is 5.91 Å². The van der Waals surface area contributed by atoms with Crippen LogP contribution in [0.1, 0.15) is 36.8 Å². The fraction of sp³-hybridized carbons (Fsp3) is 0.611. The predicted molar refractivity (Wildman–Crippen MR) is 85.0 cm³/mol. The maximum atomic E-state index is 13.0. The maximum absolute atomic E-state index is 13.0. The fourth-order valence-corrected chi connectivity index (χ4v) is 3.65. The quantitative estimate of drug-likeness (QED) is 0.904. The van der Waals surface area contributed by atoms with Gasteiger partial charge in [-0.15, -0.1) is 0 Å². The third-order valence-corrected chi connectivity index (χ3v) is 4.94. The molecule has 0 aliphatic carbocycles. The van der Waals surface area contributed by atoms with E-state index in [1.54, 1.807) is 0 Å². The number of ether oxygens (including phenoxy) is 2. The van der Waals surface area contributed by atoms with E-state index in [0.29, 0.717) is 32.7 Å². The molecule has 3 rings (SSSR count). The van der Waals surface area contributed by atoms with E-state index in [2.05, 4.69) is 5.32 Å². The van der Waals surface area contributed by atoms with Crippen molar-refractivity contribution in [3.63, 3.8) is 0 Å². The Kier molecular flexibility index (Phi) is 5.34. The Bertz CT molecular complexity index is 606. The highest BCUT2D eigenvalue weighted by Gasteiger charge is 2.39. The SMILES string of the molecule is O=C(Cc1ccccc1C(F)(F)F)N[C@@H]1CCOC2(CCOCC2)C1. The molecule has 4 nitrogen and oxygen atoms in total. The molecule has 25 heavy (non-hydrogen) atoms. The average Bonchev–Trinajstić information content (AvgIpc) is 2.55. The molecule has 2 saturated heterocycles. The van der Waals surface area contributed by atoms with E-state index in [1.165, 1.54) is 18.2 Å². The Morgan fingerprint density at radius 2 is 1.92 bits per heavy atom. The van der Waals surface area contributed by atoms with Crippen LogP contribution >= 0.6 is 0 Å². The summed E-state index contributed by atoms with van der Waals surface area (Å²) in [5.41, 5.74) is -1.02. The second-order valence-electron chi connectivity index (χ2n) is 6.73. The first-order valence-corrected chi connectivity index (χ1v) is 8.54. The minimum Gasteiger partial charge on any atom is -0.381 e. The normalized spacial score (nSPS) is 23.4. The molecule has 0 bridgehead atoms. The Morgan fingerprint density at radius 3 is 2.64 bits per heavy atom. The van der Waals surface area contributed by atoms with E-state index in [4.69, 9.17) is 9.47 Å². The highest BCUT2D eigenvalue weighted by molar-refractivity contribution is 5.79. The lowest BCUT2D eigenvalue weighted by Crippen LogP contribution is -2.51. The number of hydrogen-bond acceptors (Lipinski definition) is 3. The number of nitrogens with one attached hydrogen (secondary N) is 1. The van der Waals surface area contributed by atoms with Crippen molar-refractivity contribution in [2.75, 3.05) is 19.8 Å². The van der Waals surface area contributed by atoms with Crippen LogP contribution in [0.5, 0.6) is 0 Å². The van der Waals surface area contributed by atoms with Crippen LogP contribution in [0.3, 0.4) is 0 Å². The van der Waals surface area contributed by atoms with Gasteiger partial charge in [0.25, 0.3) is 0 Å². The van der Waals surface area contributed by atoms with Crippen molar-refractivity contribution in [1.29, 1.82) is 0 Å². The number of benzene rings is 1. The summed E-state index contributed by atoms with van der Waals surface area (Å²) in [6, 6.07) is 5.14. The molecule has 1 spiro atoms. The highest BCUT2D eigenvalue weighted by atomic mass is 19.4. The largest absolute Gasteiger partial charge is 0.416 e. The van der Waals surface area contributed by atoms with E-state index in [1.807, 2.05) is 0 Å². The molecule has 2 aliphatic heterocycles. The summed E-state index contributed by atoms with van der Waals surface area (Å²) in [6.45, 7) is 1.82. The third-order valence-electron chi connectivity index (χ3n) is 4.94. The molecule has 0 aromatic heterocycles. The van der Waals surface area contributed by atoms with Gasteiger partial charge in [-0.05, 0) is 37.3 Å². The van der Waals surface area contributed by atoms with Crippen LogP contribution in [0.15, 0.2) is 24.3 Å². The number of hydrogen-bond donors (Lipinski definition) is 1. The summed E-state index contributed by atoms with van der Waals surface area (Å²) in [4.78, 5) is 12.3. The molecule has 1 amide bonds. The minimum atomic E-state index is -4.46. The molecule has 0 saturated carbocycles. The molecule has 0 radical (unpaired) electrons. The van der Waals surface area contributed by atoms with Crippen LogP contribution < -0.4 is 5.32 Å². The predicted octanol–water partition coefficient (Wildman–Crippen LogP) is 3.09. The third kappa shape index (κ3) is 4.52. The summed E-state index contributed by atoms with van der Waals surface area (Å²) >= 11 is 0. The first-order chi connectivity index (χ1) is 11.9. The molecular formula is C18H22F3NO3. The first kappa shape index (κ1) is 18.2. The lowest BCUT2D eigenvalue weighted by molar-refractivity contribution is -0.143. The van der Waals surface area contributed by atoms with Crippen LogP contribution in [0.4, 0.5) is 13.2 Å². The molecule has 1 aromatic carbocycles. The molecule has 138 valence electrons. The molecular weight excluding hydrogens is 335 g/mol. The van der Waals surface area contributed by atoms with Crippen molar-refractivity contribution in [3.05, 3.63) is 35.4 Å². The number of halogens is 3. The number of carbonyl (C=O) groups is 1. The molecule has 7 heteroatoms. The van der Waals surface area contributed by atoms with Gasteiger partial charge in [0, 0.05) is 25.9 Å². The Hall–Kier alpha value is -1.60. The molecule has 2 fully saturated rings. The van der Waals surface area contributed by atoms with Gasteiger partial charge in [-0.1, -0.05) is 18.2 Å². The number of carbonyl (C=O) groups excluding carboxylic acids is 1. The van der Waals surface area contributed by atoms with Crippen molar-refractivity contribution < 1.29 is 27.4 Å². The average molecular weight is 357 g/mol. The lowest BCUT2D eigenvalue weighted by Gasteiger charge is -2.43. The Labute approximate surface area is 144 Å². The topological polar surface area (TPSA) is 47.6 Å². The van der Waals surface area contributed by atoms with Crippen LogP contribution in [-0.4, -0.2) is 37.4 Å². The van der Waals surface area contributed by atoms with Gasteiger partial charge in [0.05, 0.1) is 17.6 Å². The van der Waals surface area contributed by atoms with Crippen molar-refractivity contribution in [3.8, 4) is 0 Å². The number of alkyl halides is 3. The van der Waals surface area contributed by atoms with Crippen molar-refractivity contribution in [2.45, 2.75) is 49.9 Å². The second kappa shape index (κ2) is 7.33. The second-order valence-corrected chi connectivity index (χ2v) is 6.73. The first-order valence-electron chi connectivity index (χ1n) is 8.54. The van der Waals surface area contributed by atoms with Gasteiger partial charge in [-0.2, -0.15) is 13.2 Å². The zero-order chi connectivity index (χ0) is 17.9. The maximum Gasteiger partial charge on any atom is 0.416 e. The summed E-state index contributed by atoms with van der Waals surface area (Å²) in [5.74, 6) is -0.384. The van der Waals surface area contributed by atoms with Crippen LogP contribution in [-0.2, 0) is 26.9 Å². The van der Waals surface area contributed by atoms with E-state index < -0.39 is 11.7 Å². The summed E-state index contributed by atoms with van der Waals surface area (Å²) in [7, 11) is 0. The molecule has 1 atom stereocenters. The molecule has 1 N–H and O–H groups in total. The lowest BCUT2D eigenvalue weighted by atomic mass is 9.84. The van der Waals surface area contributed by atoms with Gasteiger partial charge >= 0.3 is 6.18 Å². The Morgan fingerprint density at radius 1 is 1.20 bits per heavy atom. The van der Waals surface area contributed by atoms with E-state index >= 15 is 0 Å². The van der Waals surface area contributed by atoms with Gasteiger partial charge in [0.1, 0.15) is 0 Å². The molecule has 1 aromatic rings.